The van der Waals surface area contributed by atoms with Crippen LogP contribution in [0.4, 0.5) is 5.82 Å². The number of aromatic hydroxyl groups is 1. The number of nitrogens with zero attached hydrogens (tertiary/aromatic N) is 3. The third kappa shape index (κ3) is 3.78. The fourth-order valence-electron chi connectivity index (χ4n) is 3.75. The largest absolute Gasteiger partial charge is 0.508 e. The van der Waals surface area contributed by atoms with Gasteiger partial charge in [-0.15, -0.1) is 0 Å². The van der Waals surface area contributed by atoms with E-state index in [0.717, 1.165) is 86.6 Å². The summed E-state index contributed by atoms with van der Waals surface area (Å²) in [7, 11) is 0. The van der Waals surface area contributed by atoms with Crippen molar-refractivity contribution in [3.8, 4) is 17.0 Å². The summed E-state index contributed by atoms with van der Waals surface area (Å²) in [6, 6.07) is 7.33. The molecule has 2 aliphatic heterocycles. The third-order valence-corrected chi connectivity index (χ3v) is 5.16. The van der Waals surface area contributed by atoms with Gasteiger partial charge in [0.15, 0.2) is 5.82 Å². The maximum absolute atomic E-state index is 9.93. The SMILES string of the molecule is Oc1cccc(-c2nc(C3CCCCOCC3)nc3c2CCCC=N3)c1. The molecular weight excluding hydrogens is 326 g/mol. The number of rotatable bonds is 2. The van der Waals surface area contributed by atoms with Crippen molar-refractivity contribution in [2.75, 3.05) is 13.2 Å². The highest BCUT2D eigenvalue weighted by atomic mass is 16.5. The zero-order valence-corrected chi connectivity index (χ0v) is 15.0. The number of ether oxygens (including phenoxy) is 1. The molecule has 5 nitrogen and oxygen atoms in total. The highest BCUT2D eigenvalue weighted by molar-refractivity contribution is 5.72. The zero-order valence-electron chi connectivity index (χ0n) is 15.0. The van der Waals surface area contributed by atoms with Crippen LogP contribution in [-0.2, 0) is 11.2 Å². The molecule has 1 unspecified atom stereocenters. The fourth-order valence-corrected chi connectivity index (χ4v) is 3.75. The summed E-state index contributed by atoms with van der Waals surface area (Å²) < 4.78 is 5.67. The van der Waals surface area contributed by atoms with E-state index in [1.54, 1.807) is 12.1 Å². The van der Waals surface area contributed by atoms with Gasteiger partial charge in [0.25, 0.3) is 0 Å². The molecule has 2 aliphatic rings. The van der Waals surface area contributed by atoms with Crippen LogP contribution in [0.25, 0.3) is 11.3 Å². The van der Waals surface area contributed by atoms with E-state index in [0.29, 0.717) is 5.92 Å². The molecule has 3 heterocycles. The predicted molar refractivity (Wildman–Crippen MR) is 102 cm³/mol. The molecule has 1 N–H and O–H groups in total. The molecule has 0 amide bonds. The lowest BCUT2D eigenvalue weighted by molar-refractivity contribution is 0.110. The predicted octanol–water partition coefficient (Wildman–Crippen LogP) is 4.56. The van der Waals surface area contributed by atoms with Crippen molar-refractivity contribution in [2.24, 2.45) is 4.99 Å². The van der Waals surface area contributed by atoms with E-state index < -0.39 is 0 Å². The second-order valence-electron chi connectivity index (χ2n) is 7.08. The van der Waals surface area contributed by atoms with Crippen molar-refractivity contribution < 1.29 is 9.84 Å². The Morgan fingerprint density at radius 3 is 2.92 bits per heavy atom. The number of benzene rings is 1. The maximum Gasteiger partial charge on any atom is 0.159 e. The quantitative estimate of drug-likeness (QED) is 0.861. The van der Waals surface area contributed by atoms with E-state index in [9.17, 15) is 5.11 Å². The molecule has 0 spiro atoms. The van der Waals surface area contributed by atoms with Crippen LogP contribution in [0.2, 0.25) is 0 Å². The molecule has 5 heteroatoms. The molecule has 1 fully saturated rings. The maximum atomic E-state index is 9.93. The molecule has 1 aromatic carbocycles. The van der Waals surface area contributed by atoms with Crippen LogP contribution >= 0.6 is 0 Å². The molecule has 1 aromatic heterocycles. The Balaban J connectivity index is 1.80. The van der Waals surface area contributed by atoms with Crippen molar-refractivity contribution in [3.05, 3.63) is 35.7 Å². The van der Waals surface area contributed by atoms with Crippen LogP contribution in [0.3, 0.4) is 0 Å². The average molecular weight is 351 g/mol. The Morgan fingerprint density at radius 1 is 1.04 bits per heavy atom. The summed E-state index contributed by atoms with van der Waals surface area (Å²) in [4.78, 5) is 14.5. The van der Waals surface area contributed by atoms with Crippen molar-refractivity contribution in [2.45, 2.75) is 50.9 Å². The van der Waals surface area contributed by atoms with E-state index in [-0.39, 0.29) is 5.75 Å². The second-order valence-corrected chi connectivity index (χ2v) is 7.08. The van der Waals surface area contributed by atoms with Crippen LogP contribution in [0, 0.1) is 0 Å². The smallest absolute Gasteiger partial charge is 0.159 e. The minimum absolute atomic E-state index is 0.257. The van der Waals surface area contributed by atoms with E-state index in [2.05, 4.69) is 4.99 Å². The van der Waals surface area contributed by atoms with Crippen LogP contribution in [0.1, 0.15) is 55.8 Å². The summed E-state index contributed by atoms with van der Waals surface area (Å²) in [5.74, 6) is 2.23. The number of hydrogen-bond acceptors (Lipinski definition) is 5. The molecule has 0 bridgehead atoms. The molecule has 1 saturated heterocycles. The van der Waals surface area contributed by atoms with E-state index >= 15 is 0 Å². The van der Waals surface area contributed by atoms with Crippen LogP contribution < -0.4 is 0 Å². The summed E-state index contributed by atoms with van der Waals surface area (Å²) in [6.07, 6.45) is 9.15. The van der Waals surface area contributed by atoms with Crippen LogP contribution in [0.15, 0.2) is 29.3 Å². The average Bonchev–Trinajstić information content (AvgIpc) is 2.86. The van der Waals surface area contributed by atoms with Gasteiger partial charge in [0.1, 0.15) is 11.6 Å². The van der Waals surface area contributed by atoms with Gasteiger partial charge < -0.3 is 9.84 Å². The zero-order chi connectivity index (χ0) is 17.8. The Morgan fingerprint density at radius 2 is 2.00 bits per heavy atom. The van der Waals surface area contributed by atoms with Crippen LogP contribution in [0.5, 0.6) is 5.75 Å². The van der Waals surface area contributed by atoms with Gasteiger partial charge in [-0.1, -0.05) is 18.6 Å². The van der Waals surface area contributed by atoms with E-state index in [4.69, 9.17) is 14.7 Å². The van der Waals surface area contributed by atoms with Crippen molar-refractivity contribution in [1.29, 1.82) is 0 Å². The van der Waals surface area contributed by atoms with Crippen molar-refractivity contribution in [3.63, 3.8) is 0 Å². The fraction of sp³-hybridized carbons (Fsp3) is 0.476. The Labute approximate surface area is 154 Å². The van der Waals surface area contributed by atoms with Gasteiger partial charge in [0, 0.05) is 36.5 Å². The lowest BCUT2D eigenvalue weighted by Crippen LogP contribution is -2.13. The van der Waals surface area contributed by atoms with Gasteiger partial charge >= 0.3 is 0 Å². The normalized spacial score (nSPS) is 20.7. The second kappa shape index (κ2) is 7.96. The summed E-state index contributed by atoms with van der Waals surface area (Å²) in [5, 5.41) is 9.93. The Kier molecular flexibility index (Phi) is 5.25. The molecule has 2 aromatic rings. The van der Waals surface area contributed by atoms with Crippen LogP contribution in [-0.4, -0.2) is 34.5 Å². The Hall–Kier alpha value is -2.27. The highest BCUT2D eigenvalue weighted by Gasteiger charge is 2.22. The van der Waals surface area contributed by atoms with Crippen molar-refractivity contribution >= 4 is 12.0 Å². The number of fused-ring (bicyclic) bond motifs is 1. The van der Waals surface area contributed by atoms with Gasteiger partial charge in [-0.25, -0.2) is 15.0 Å². The minimum Gasteiger partial charge on any atom is -0.508 e. The molecule has 26 heavy (non-hydrogen) atoms. The highest BCUT2D eigenvalue weighted by Crippen LogP contribution is 2.35. The summed E-state index contributed by atoms with van der Waals surface area (Å²) >= 11 is 0. The van der Waals surface area contributed by atoms with Gasteiger partial charge in [0.2, 0.25) is 0 Å². The van der Waals surface area contributed by atoms with Gasteiger partial charge in [0.05, 0.1) is 5.69 Å². The lowest BCUT2D eigenvalue weighted by atomic mass is 9.95. The molecule has 1 atom stereocenters. The summed E-state index contributed by atoms with van der Waals surface area (Å²) in [5.41, 5.74) is 2.95. The molecule has 136 valence electrons. The first-order chi connectivity index (χ1) is 12.8. The third-order valence-electron chi connectivity index (χ3n) is 5.16. The van der Waals surface area contributed by atoms with Crippen molar-refractivity contribution in [1.82, 2.24) is 9.97 Å². The molecule has 0 radical (unpaired) electrons. The first kappa shape index (κ1) is 17.2. The number of aromatic nitrogens is 2. The molecule has 0 aliphatic carbocycles. The summed E-state index contributed by atoms with van der Waals surface area (Å²) in [6.45, 7) is 1.62. The minimum atomic E-state index is 0.257. The lowest BCUT2D eigenvalue weighted by Gasteiger charge is -2.21. The van der Waals surface area contributed by atoms with Gasteiger partial charge in [-0.05, 0) is 50.7 Å². The van der Waals surface area contributed by atoms with Gasteiger partial charge in [-0.2, -0.15) is 0 Å². The first-order valence-electron chi connectivity index (χ1n) is 9.62. The molecular formula is C21H25N3O2. The topological polar surface area (TPSA) is 67.6 Å². The van der Waals surface area contributed by atoms with E-state index in [1.807, 2.05) is 18.3 Å². The monoisotopic (exact) mass is 351 g/mol. The number of aliphatic imine (C=N–C) groups is 1. The first-order valence-corrected chi connectivity index (χ1v) is 9.62. The standard InChI is InChI=1S/C21H25N3O2/c25-17-8-5-7-16(14-17)19-18-9-1-3-11-22-21(18)24-20(23-19)15-6-2-4-12-26-13-10-15/h5,7-8,11,14-15,25H,1-4,6,9-10,12-13H2. The molecule has 0 saturated carbocycles. The Bertz CT molecular complexity index is 796. The van der Waals surface area contributed by atoms with E-state index in [1.165, 1.54) is 0 Å². The number of phenolic OH excluding ortho intramolecular Hbond substituents is 1. The number of phenols is 1. The molecule has 4 rings (SSSR count). The number of hydrogen-bond donors (Lipinski definition) is 1. The van der Waals surface area contributed by atoms with Gasteiger partial charge in [-0.3, -0.25) is 0 Å².